The molecule has 0 saturated carbocycles. The van der Waals surface area contributed by atoms with Gasteiger partial charge in [0.1, 0.15) is 11.6 Å². The molecule has 0 fully saturated rings. The molecule has 152 valence electrons. The van der Waals surface area contributed by atoms with Crippen molar-refractivity contribution in [1.82, 2.24) is 25.3 Å². The molecule has 1 aromatic carbocycles. The van der Waals surface area contributed by atoms with Gasteiger partial charge in [-0.15, -0.1) is 0 Å². The third-order valence-corrected chi connectivity index (χ3v) is 5.67. The number of nitrogens with two attached hydrogens (primary N) is 1. The minimum atomic E-state index is 0.257. The zero-order valence-corrected chi connectivity index (χ0v) is 17.9. The van der Waals surface area contributed by atoms with E-state index in [1.54, 1.807) is 0 Å². The highest BCUT2D eigenvalue weighted by Gasteiger charge is 2.14. The summed E-state index contributed by atoms with van der Waals surface area (Å²) in [4.78, 5) is 0. The van der Waals surface area contributed by atoms with E-state index in [4.69, 9.17) is 34.2 Å². The first-order valence-corrected chi connectivity index (χ1v) is 10.1. The van der Waals surface area contributed by atoms with Gasteiger partial charge in [-0.05, 0) is 45.4 Å². The Balaban J connectivity index is 1.57. The Kier molecular flexibility index (Phi) is 6.80. The summed E-state index contributed by atoms with van der Waals surface area (Å²) in [5, 5.41) is 25.2. The summed E-state index contributed by atoms with van der Waals surface area (Å²) < 4.78 is 1.94. The first-order valence-electron chi connectivity index (χ1n) is 9.31. The minimum Gasteiger partial charge on any atom is -0.381 e. The summed E-state index contributed by atoms with van der Waals surface area (Å²) in [7, 11) is 0. The predicted octanol–water partition coefficient (Wildman–Crippen LogP) is 3.75. The van der Waals surface area contributed by atoms with Crippen LogP contribution in [0.5, 0.6) is 0 Å². The number of nitrogens with one attached hydrogen (secondary N) is 2. The number of rotatable bonds is 8. The van der Waals surface area contributed by atoms with Crippen LogP contribution in [0, 0.1) is 25.2 Å². The highest BCUT2D eigenvalue weighted by atomic mass is 35.5. The predicted molar refractivity (Wildman–Crippen MR) is 115 cm³/mol. The van der Waals surface area contributed by atoms with E-state index in [9.17, 15) is 0 Å². The molecule has 4 N–H and O–H groups in total. The lowest BCUT2D eigenvalue weighted by Gasteiger charge is -2.10. The fourth-order valence-electron chi connectivity index (χ4n) is 3.28. The number of hydrogen-bond acceptors (Lipinski definition) is 5. The summed E-state index contributed by atoms with van der Waals surface area (Å²) in [6, 6.07) is 7.59. The van der Waals surface area contributed by atoms with Crippen LogP contribution in [0.2, 0.25) is 10.0 Å². The topological polar surface area (TPSA) is 108 Å². The van der Waals surface area contributed by atoms with E-state index in [1.807, 2.05) is 36.7 Å². The number of aryl methyl sites for hydroxylation is 2. The van der Waals surface area contributed by atoms with E-state index < -0.39 is 0 Å². The van der Waals surface area contributed by atoms with Gasteiger partial charge >= 0.3 is 0 Å². The molecule has 0 amide bonds. The van der Waals surface area contributed by atoms with E-state index in [1.165, 1.54) is 0 Å². The maximum atomic E-state index is 9.11. The number of anilines is 1. The van der Waals surface area contributed by atoms with Crippen LogP contribution in [0.25, 0.3) is 0 Å². The van der Waals surface area contributed by atoms with Crippen molar-refractivity contribution in [3.8, 4) is 6.07 Å². The van der Waals surface area contributed by atoms with Gasteiger partial charge < -0.3 is 11.1 Å². The smallest absolute Gasteiger partial charge is 0.163 e. The van der Waals surface area contributed by atoms with Gasteiger partial charge in [0.15, 0.2) is 5.82 Å². The van der Waals surface area contributed by atoms with Crippen molar-refractivity contribution in [2.45, 2.75) is 39.8 Å². The van der Waals surface area contributed by atoms with Crippen molar-refractivity contribution in [2.75, 3.05) is 12.3 Å². The monoisotopic (exact) mass is 431 g/mol. The van der Waals surface area contributed by atoms with Crippen LogP contribution in [0.3, 0.4) is 0 Å². The second-order valence-corrected chi connectivity index (χ2v) is 7.68. The fourth-order valence-corrected chi connectivity index (χ4v) is 3.80. The van der Waals surface area contributed by atoms with Gasteiger partial charge in [0.25, 0.3) is 0 Å². The number of hydrogen-bond donors (Lipinski definition) is 3. The molecular weight excluding hydrogens is 409 g/mol. The lowest BCUT2D eigenvalue weighted by atomic mass is 10.1. The molecule has 9 heteroatoms. The van der Waals surface area contributed by atoms with Crippen molar-refractivity contribution >= 4 is 29.0 Å². The van der Waals surface area contributed by atoms with E-state index >= 15 is 0 Å². The Morgan fingerprint density at radius 2 is 1.97 bits per heavy atom. The molecule has 2 aromatic heterocycles. The second-order valence-electron chi connectivity index (χ2n) is 6.86. The highest BCUT2D eigenvalue weighted by molar-refractivity contribution is 6.35. The molecular formula is C20H23Cl2N7. The van der Waals surface area contributed by atoms with Gasteiger partial charge in [0, 0.05) is 33.4 Å². The van der Waals surface area contributed by atoms with Crippen LogP contribution >= 0.6 is 23.2 Å². The number of benzene rings is 1. The average molecular weight is 432 g/mol. The highest BCUT2D eigenvalue weighted by Crippen LogP contribution is 2.26. The molecule has 0 spiro atoms. The molecule has 0 unspecified atom stereocenters. The minimum absolute atomic E-state index is 0.257. The lowest BCUT2D eigenvalue weighted by Crippen LogP contribution is -2.16. The Hall–Kier alpha value is -2.53. The summed E-state index contributed by atoms with van der Waals surface area (Å²) >= 11 is 12.6. The summed E-state index contributed by atoms with van der Waals surface area (Å²) in [6.45, 7) is 6.09. The molecule has 29 heavy (non-hydrogen) atoms. The lowest BCUT2D eigenvalue weighted by molar-refractivity contribution is 0.635. The van der Waals surface area contributed by atoms with E-state index in [0.717, 1.165) is 41.2 Å². The summed E-state index contributed by atoms with van der Waals surface area (Å²) in [6.07, 6.45) is 1.57. The zero-order chi connectivity index (χ0) is 21.0. The quantitative estimate of drug-likeness (QED) is 0.470. The number of aromatic nitrogens is 4. The number of nitriles is 1. The Labute approximate surface area is 179 Å². The molecule has 3 rings (SSSR count). The van der Waals surface area contributed by atoms with Crippen LogP contribution in [-0.2, 0) is 19.5 Å². The molecule has 0 atom stereocenters. The third-order valence-electron chi connectivity index (χ3n) is 4.96. The third kappa shape index (κ3) is 4.73. The standard InChI is InChI=1S/C20H23Cl2N7/c1-12-15(10-25-8-4-7-19-14(9-23)20(24)27-26-19)13(2)29(28-12)11-16-17(21)5-3-6-18(16)22/h3,5-6,25H,4,7-8,10-11H2,1-2H3,(H3,24,26,27). The molecule has 0 bridgehead atoms. The SMILES string of the molecule is Cc1nn(Cc2c(Cl)cccc2Cl)c(C)c1CNCCCc1[nH]nc(N)c1C#N. The maximum absolute atomic E-state index is 9.11. The summed E-state index contributed by atoms with van der Waals surface area (Å²) in [5.74, 6) is 0.257. The molecule has 0 aliphatic heterocycles. The van der Waals surface area contributed by atoms with Gasteiger partial charge in [0.05, 0.1) is 17.9 Å². The zero-order valence-electron chi connectivity index (χ0n) is 16.4. The van der Waals surface area contributed by atoms with Crippen LogP contribution in [0.15, 0.2) is 18.2 Å². The summed E-state index contributed by atoms with van der Waals surface area (Å²) in [5.41, 5.74) is 11.0. The van der Waals surface area contributed by atoms with Gasteiger partial charge in [-0.2, -0.15) is 15.5 Å². The Morgan fingerprint density at radius 1 is 1.24 bits per heavy atom. The van der Waals surface area contributed by atoms with Gasteiger partial charge in [-0.25, -0.2) is 0 Å². The van der Waals surface area contributed by atoms with E-state index in [-0.39, 0.29) is 5.82 Å². The molecule has 0 aliphatic rings. The van der Waals surface area contributed by atoms with Crippen molar-refractivity contribution in [1.29, 1.82) is 5.26 Å². The Bertz CT molecular complexity index is 1030. The second kappa shape index (κ2) is 9.31. The number of nitrogen functional groups attached to an aromatic ring is 1. The molecule has 2 heterocycles. The number of H-pyrrole nitrogens is 1. The van der Waals surface area contributed by atoms with Crippen LogP contribution in [0.4, 0.5) is 5.82 Å². The van der Waals surface area contributed by atoms with Gasteiger partial charge in [0.2, 0.25) is 0 Å². The van der Waals surface area contributed by atoms with Crippen molar-refractivity contribution in [2.24, 2.45) is 0 Å². The molecule has 3 aromatic rings. The Morgan fingerprint density at radius 3 is 2.66 bits per heavy atom. The van der Waals surface area contributed by atoms with Crippen LogP contribution in [-0.4, -0.2) is 26.5 Å². The average Bonchev–Trinajstić information content (AvgIpc) is 3.17. The van der Waals surface area contributed by atoms with Crippen molar-refractivity contribution < 1.29 is 0 Å². The molecule has 0 radical (unpaired) electrons. The van der Waals surface area contributed by atoms with E-state index in [2.05, 4.69) is 26.7 Å². The largest absolute Gasteiger partial charge is 0.381 e. The number of halogens is 2. The first-order chi connectivity index (χ1) is 13.9. The molecule has 0 aliphatic carbocycles. The fraction of sp³-hybridized carbons (Fsp3) is 0.350. The first kappa shape index (κ1) is 21.2. The number of nitrogens with zero attached hydrogens (tertiary/aromatic N) is 4. The van der Waals surface area contributed by atoms with Crippen molar-refractivity contribution in [3.05, 3.63) is 62.0 Å². The molecule has 7 nitrogen and oxygen atoms in total. The van der Waals surface area contributed by atoms with E-state index in [0.29, 0.717) is 35.1 Å². The van der Waals surface area contributed by atoms with Crippen LogP contribution in [0.1, 0.15) is 40.2 Å². The maximum Gasteiger partial charge on any atom is 0.163 e. The normalized spacial score (nSPS) is 11.0. The van der Waals surface area contributed by atoms with Crippen molar-refractivity contribution in [3.63, 3.8) is 0 Å². The van der Waals surface area contributed by atoms with Crippen LogP contribution < -0.4 is 11.1 Å². The molecule has 0 saturated heterocycles. The number of aromatic amines is 1. The van der Waals surface area contributed by atoms with Gasteiger partial charge in [-0.3, -0.25) is 9.78 Å². The van der Waals surface area contributed by atoms with Gasteiger partial charge in [-0.1, -0.05) is 29.3 Å².